The van der Waals surface area contributed by atoms with Gasteiger partial charge >= 0.3 is 6.03 Å². The van der Waals surface area contributed by atoms with E-state index in [1.807, 2.05) is 24.3 Å². The van der Waals surface area contributed by atoms with E-state index in [1.54, 1.807) is 0 Å². The lowest BCUT2D eigenvalue weighted by atomic mass is 9.97. The number of benzene rings is 1. The monoisotopic (exact) mass is 331 g/mol. The highest BCUT2D eigenvalue weighted by Gasteiger charge is 2.14. The number of nitrogens with zero attached hydrogens (tertiary/aromatic N) is 2. The summed E-state index contributed by atoms with van der Waals surface area (Å²) >= 11 is 0. The normalized spacial score (nSPS) is 11.6. The van der Waals surface area contributed by atoms with Crippen LogP contribution in [0.1, 0.15) is 48.3 Å². The molecular formula is C16H21N5O3. The lowest BCUT2D eigenvalue weighted by Crippen LogP contribution is -2.29. The van der Waals surface area contributed by atoms with Crippen LogP contribution >= 0.6 is 0 Å². The van der Waals surface area contributed by atoms with Crippen molar-refractivity contribution in [3.05, 3.63) is 41.5 Å². The van der Waals surface area contributed by atoms with E-state index in [4.69, 9.17) is 4.52 Å². The molecule has 0 fully saturated rings. The predicted octanol–water partition coefficient (Wildman–Crippen LogP) is 2.26. The van der Waals surface area contributed by atoms with Crippen molar-refractivity contribution >= 4 is 17.6 Å². The summed E-state index contributed by atoms with van der Waals surface area (Å²) in [6.45, 7) is 4.24. The number of nitrogens with one attached hydrogen (secondary N) is 3. The number of amides is 3. The van der Waals surface area contributed by atoms with Crippen molar-refractivity contribution in [2.24, 2.45) is 0 Å². The van der Waals surface area contributed by atoms with Gasteiger partial charge in [0.15, 0.2) is 0 Å². The zero-order valence-corrected chi connectivity index (χ0v) is 13.9. The summed E-state index contributed by atoms with van der Waals surface area (Å²) in [4.78, 5) is 27.3. The number of aromatic nitrogens is 2. The van der Waals surface area contributed by atoms with Crippen molar-refractivity contribution < 1.29 is 14.1 Å². The van der Waals surface area contributed by atoms with E-state index in [-0.39, 0.29) is 24.3 Å². The highest BCUT2D eigenvalue weighted by molar-refractivity contribution is 5.90. The Morgan fingerprint density at radius 3 is 2.75 bits per heavy atom. The molecule has 0 saturated heterocycles. The standard InChI is InChI=1S/C16H21N5O3/c1-4-10(2)11-7-5-6-8-12(11)19-16(23)18-9-13-20-14(21-24-13)15(22)17-3/h5-8,10H,4,9H2,1-3H3,(H,17,22)(H2,18,19,23)/t10-/m1/s1. The fraction of sp³-hybridized carbons (Fsp3) is 0.375. The Kier molecular flexibility index (Phi) is 5.89. The molecule has 0 radical (unpaired) electrons. The van der Waals surface area contributed by atoms with Crippen LogP contribution in [0.5, 0.6) is 0 Å². The molecule has 0 saturated carbocycles. The van der Waals surface area contributed by atoms with Gasteiger partial charge in [-0.2, -0.15) is 4.98 Å². The van der Waals surface area contributed by atoms with Crippen molar-refractivity contribution in [2.75, 3.05) is 12.4 Å². The molecule has 0 aliphatic rings. The maximum absolute atomic E-state index is 12.1. The minimum atomic E-state index is -0.447. The van der Waals surface area contributed by atoms with Gasteiger partial charge in [0.2, 0.25) is 5.89 Å². The van der Waals surface area contributed by atoms with Crippen LogP contribution in [0.15, 0.2) is 28.8 Å². The quantitative estimate of drug-likeness (QED) is 0.752. The van der Waals surface area contributed by atoms with Crippen LogP contribution in [-0.4, -0.2) is 29.1 Å². The number of carbonyl (C=O) groups is 2. The van der Waals surface area contributed by atoms with Crippen LogP contribution < -0.4 is 16.0 Å². The Hall–Kier alpha value is -2.90. The van der Waals surface area contributed by atoms with E-state index < -0.39 is 5.91 Å². The fourth-order valence-corrected chi connectivity index (χ4v) is 2.11. The molecule has 2 aromatic rings. The molecule has 3 amide bonds. The predicted molar refractivity (Wildman–Crippen MR) is 88.7 cm³/mol. The second kappa shape index (κ2) is 8.09. The van der Waals surface area contributed by atoms with Gasteiger partial charge in [0.05, 0.1) is 6.54 Å². The third-order valence-electron chi connectivity index (χ3n) is 3.65. The summed E-state index contributed by atoms with van der Waals surface area (Å²) in [7, 11) is 1.47. The first-order valence-corrected chi connectivity index (χ1v) is 7.73. The lowest BCUT2D eigenvalue weighted by molar-refractivity contribution is 0.0950. The van der Waals surface area contributed by atoms with E-state index in [1.165, 1.54) is 7.05 Å². The molecule has 2 rings (SSSR count). The highest BCUT2D eigenvalue weighted by Crippen LogP contribution is 2.26. The summed E-state index contributed by atoms with van der Waals surface area (Å²) in [5.74, 6) is -0.0275. The number of para-hydroxylation sites is 1. The molecule has 8 heteroatoms. The minimum absolute atomic E-state index is 0.0291. The first-order valence-electron chi connectivity index (χ1n) is 7.73. The van der Waals surface area contributed by atoms with E-state index in [9.17, 15) is 9.59 Å². The molecule has 0 aliphatic carbocycles. The largest absolute Gasteiger partial charge is 0.352 e. The molecule has 8 nitrogen and oxygen atoms in total. The second-order valence-electron chi connectivity index (χ2n) is 5.30. The maximum Gasteiger partial charge on any atom is 0.319 e. The molecule has 1 aromatic heterocycles. The third kappa shape index (κ3) is 4.31. The zero-order valence-electron chi connectivity index (χ0n) is 13.9. The first kappa shape index (κ1) is 17.5. The summed E-state index contributed by atoms with van der Waals surface area (Å²) < 4.78 is 4.90. The summed E-state index contributed by atoms with van der Waals surface area (Å²) in [6, 6.07) is 7.29. The number of urea groups is 1. The summed E-state index contributed by atoms with van der Waals surface area (Å²) in [6.07, 6.45) is 0.977. The average Bonchev–Trinajstić information content (AvgIpc) is 3.08. The molecule has 24 heavy (non-hydrogen) atoms. The van der Waals surface area contributed by atoms with Gasteiger partial charge in [0.1, 0.15) is 0 Å². The van der Waals surface area contributed by atoms with E-state index in [0.29, 0.717) is 5.92 Å². The van der Waals surface area contributed by atoms with Crippen molar-refractivity contribution in [2.45, 2.75) is 32.7 Å². The Balaban J connectivity index is 1.94. The van der Waals surface area contributed by atoms with Gasteiger partial charge in [0, 0.05) is 12.7 Å². The van der Waals surface area contributed by atoms with Crippen molar-refractivity contribution in [1.29, 1.82) is 0 Å². The number of rotatable bonds is 6. The minimum Gasteiger partial charge on any atom is -0.352 e. The van der Waals surface area contributed by atoms with Gasteiger partial charge < -0.3 is 20.5 Å². The molecule has 1 atom stereocenters. The Morgan fingerprint density at radius 2 is 2.04 bits per heavy atom. The molecule has 128 valence electrons. The van der Waals surface area contributed by atoms with Crippen LogP contribution in [0.4, 0.5) is 10.5 Å². The number of hydrogen-bond acceptors (Lipinski definition) is 5. The smallest absolute Gasteiger partial charge is 0.319 e. The molecule has 1 heterocycles. The van der Waals surface area contributed by atoms with Crippen LogP contribution in [0.25, 0.3) is 0 Å². The molecule has 0 unspecified atom stereocenters. The van der Waals surface area contributed by atoms with Crippen LogP contribution in [-0.2, 0) is 6.54 Å². The SMILES string of the molecule is CC[C@@H](C)c1ccccc1NC(=O)NCc1nc(C(=O)NC)no1. The van der Waals surface area contributed by atoms with E-state index in [2.05, 4.69) is 39.9 Å². The number of hydrogen-bond donors (Lipinski definition) is 3. The van der Waals surface area contributed by atoms with Crippen LogP contribution in [0.3, 0.4) is 0 Å². The highest BCUT2D eigenvalue weighted by atomic mass is 16.5. The van der Waals surface area contributed by atoms with Crippen molar-refractivity contribution in [1.82, 2.24) is 20.8 Å². The first-order chi connectivity index (χ1) is 11.5. The molecule has 1 aromatic carbocycles. The van der Waals surface area contributed by atoms with E-state index in [0.717, 1.165) is 17.7 Å². The topological polar surface area (TPSA) is 109 Å². The number of anilines is 1. The number of carbonyl (C=O) groups excluding carboxylic acids is 2. The molecule has 0 spiro atoms. The Labute approximate surface area is 140 Å². The average molecular weight is 331 g/mol. The van der Waals surface area contributed by atoms with Crippen LogP contribution in [0.2, 0.25) is 0 Å². The van der Waals surface area contributed by atoms with Crippen molar-refractivity contribution in [3.8, 4) is 0 Å². The second-order valence-corrected chi connectivity index (χ2v) is 5.30. The Bertz CT molecular complexity index is 713. The summed E-state index contributed by atoms with van der Waals surface area (Å²) in [5, 5.41) is 11.4. The van der Waals surface area contributed by atoms with Gasteiger partial charge in [-0.15, -0.1) is 0 Å². The fourth-order valence-electron chi connectivity index (χ4n) is 2.11. The third-order valence-corrected chi connectivity index (χ3v) is 3.65. The van der Waals surface area contributed by atoms with E-state index >= 15 is 0 Å². The van der Waals surface area contributed by atoms with Crippen molar-refractivity contribution in [3.63, 3.8) is 0 Å². The van der Waals surface area contributed by atoms with Gasteiger partial charge in [-0.3, -0.25) is 4.79 Å². The lowest BCUT2D eigenvalue weighted by Gasteiger charge is -2.15. The Morgan fingerprint density at radius 1 is 1.29 bits per heavy atom. The van der Waals surface area contributed by atoms with Gasteiger partial charge in [-0.1, -0.05) is 37.2 Å². The summed E-state index contributed by atoms with van der Waals surface area (Å²) in [5.41, 5.74) is 1.84. The molecular weight excluding hydrogens is 310 g/mol. The molecule has 0 bridgehead atoms. The van der Waals surface area contributed by atoms with Gasteiger partial charge in [-0.05, 0) is 24.0 Å². The zero-order chi connectivity index (χ0) is 17.5. The van der Waals surface area contributed by atoms with Gasteiger partial charge in [0.25, 0.3) is 11.7 Å². The van der Waals surface area contributed by atoms with Gasteiger partial charge in [-0.25, -0.2) is 4.79 Å². The van der Waals surface area contributed by atoms with Crippen LogP contribution in [0, 0.1) is 0 Å². The molecule has 0 aliphatic heterocycles. The molecule has 3 N–H and O–H groups in total. The maximum atomic E-state index is 12.1.